The van der Waals surface area contributed by atoms with Crippen LogP contribution in [0.15, 0.2) is 36.4 Å². The second kappa shape index (κ2) is 8.80. The average molecular weight is 363 g/mol. The molecule has 0 fully saturated rings. The van der Waals surface area contributed by atoms with Crippen molar-refractivity contribution in [1.82, 2.24) is 5.32 Å². The van der Waals surface area contributed by atoms with Crippen molar-refractivity contribution < 1.29 is 23.1 Å². The van der Waals surface area contributed by atoms with Crippen LogP contribution in [0, 0.1) is 18.6 Å². The summed E-state index contributed by atoms with van der Waals surface area (Å²) in [5.74, 6) is -1.79. The van der Waals surface area contributed by atoms with Crippen molar-refractivity contribution >= 4 is 23.2 Å². The maximum atomic E-state index is 13.4. The highest BCUT2D eigenvalue weighted by atomic mass is 19.1. The van der Waals surface area contributed by atoms with Crippen molar-refractivity contribution in [2.24, 2.45) is 0 Å². The summed E-state index contributed by atoms with van der Waals surface area (Å²) >= 11 is 0. The Hall–Kier alpha value is -3.16. The summed E-state index contributed by atoms with van der Waals surface area (Å²) in [7, 11) is 1.49. The first kappa shape index (κ1) is 19.2. The molecule has 2 aromatic carbocycles. The number of benzene rings is 2. The molecule has 0 saturated carbocycles. The molecule has 0 aliphatic heterocycles. The van der Waals surface area contributed by atoms with Crippen LogP contribution >= 0.6 is 0 Å². The van der Waals surface area contributed by atoms with Crippen LogP contribution in [0.2, 0.25) is 0 Å². The van der Waals surface area contributed by atoms with E-state index in [2.05, 4.69) is 16.0 Å². The zero-order valence-corrected chi connectivity index (χ0v) is 14.4. The van der Waals surface area contributed by atoms with E-state index in [-0.39, 0.29) is 18.8 Å². The Balaban J connectivity index is 1.82. The Morgan fingerprint density at radius 3 is 2.50 bits per heavy atom. The van der Waals surface area contributed by atoms with Crippen molar-refractivity contribution in [1.29, 1.82) is 0 Å². The van der Waals surface area contributed by atoms with E-state index in [0.717, 1.165) is 23.8 Å². The lowest BCUT2D eigenvalue weighted by Crippen LogP contribution is -2.36. The highest BCUT2D eigenvalue weighted by Crippen LogP contribution is 2.24. The van der Waals surface area contributed by atoms with E-state index in [1.807, 2.05) is 13.0 Å². The third-order valence-electron chi connectivity index (χ3n) is 3.44. The van der Waals surface area contributed by atoms with Crippen molar-refractivity contribution in [3.63, 3.8) is 0 Å². The SMILES string of the molecule is COc1ccc(C)cc1NC(=O)CNC(=O)CNc1cc(F)ccc1F. The molecule has 0 heterocycles. The normalized spacial score (nSPS) is 10.2. The summed E-state index contributed by atoms with van der Waals surface area (Å²) in [6, 6.07) is 8.18. The molecule has 0 aliphatic rings. The van der Waals surface area contributed by atoms with Gasteiger partial charge >= 0.3 is 0 Å². The van der Waals surface area contributed by atoms with Gasteiger partial charge in [-0.25, -0.2) is 8.78 Å². The number of amides is 2. The molecule has 138 valence electrons. The Bertz CT molecular complexity index is 812. The van der Waals surface area contributed by atoms with Gasteiger partial charge in [-0.05, 0) is 42.8 Å². The Morgan fingerprint density at radius 2 is 1.77 bits per heavy atom. The van der Waals surface area contributed by atoms with Crippen LogP contribution in [0.4, 0.5) is 20.2 Å². The zero-order valence-electron chi connectivity index (χ0n) is 14.4. The van der Waals surface area contributed by atoms with Crippen LogP contribution in [-0.4, -0.2) is 32.0 Å². The van der Waals surface area contributed by atoms with Crippen molar-refractivity contribution in [2.45, 2.75) is 6.92 Å². The van der Waals surface area contributed by atoms with Gasteiger partial charge in [0.2, 0.25) is 11.8 Å². The van der Waals surface area contributed by atoms with Gasteiger partial charge < -0.3 is 20.7 Å². The predicted octanol–water partition coefficient (Wildman–Crippen LogP) is 2.45. The van der Waals surface area contributed by atoms with Gasteiger partial charge in [0.15, 0.2) is 0 Å². The molecule has 2 amide bonds. The molecule has 0 bridgehead atoms. The fourth-order valence-electron chi connectivity index (χ4n) is 2.16. The topological polar surface area (TPSA) is 79.5 Å². The van der Waals surface area contributed by atoms with Gasteiger partial charge in [0.1, 0.15) is 17.4 Å². The number of halogens is 2. The molecule has 2 aromatic rings. The molecule has 0 aromatic heterocycles. The van der Waals surface area contributed by atoms with E-state index in [1.54, 1.807) is 12.1 Å². The number of hydrogen-bond donors (Lipinski definition) is 3. The summed E-state index contributed by atoms with van der Waals surface area (Å²) in [6.45, 7) is 1.29. The van der Waals surface area contributed by atoms with Crippen molar-refractivity contribution in [2.75, 3.05) is 30.8 Å². The van der Waals surface area contributed by atoms with Crippen molar-refractivity contribution in [3.8, 4) is 5.75 Å². The maximum Gasteiger partial charge on any atom is 0.243 e. The minimum atomic E-state index is -0.677. The third-order valence-corrected chi connectivity index (χ3v) is 3.44. The smallest absolute Gasteiger partial charge is 0.243 e. The fraction of sp³-hybridized carbons (Fsp3) is 0.222. The van der Waals surface area contributed by atoms with Crippen LogP contribution in [0.3, 0.4) is 0 Å². The largest absolute Gasteiger partial charge is 0.495 e. The summed E-state index contributed by atoms with van der Waals surface area (Å²) in [4.78, 5) is 23.7. The molecule has 26 heavy (non-hydrogen) atoms. The van der Waals surface area contributed by atoms with Crippen LogP contribution < -0.4 is 20.7 Å². The van der Waals surface area contributed by atoms with Gasteiger partial charge in [0.25, 0.3) is 0 Å². The molecular weight excluding hydrogens is 344 g/mol. The molecule has 8 heteroatoms. The highest BCUT2D eigenvalue weighted by molar-refractivity contribution is 5.96. The summed E-state index contributed by atoms with van der Waals surface area (Å²) in [5.41, 5.74) is 1.30. The van der Waals surface area contributed by atoms with E-state index < -0.39 is 23.4 Å². The Morgan fingerprint density at radius 1 is 1.00 bits per heavy atom. The summed E-state index contributed by atoms with van der Waals surface area (Å²) < 4.78 is 31.7. The molecule has 0 aliphatic carbocycles. The molecule has 6 nitrogen and oxygen atoms in total. The summed E-state index contributed by atoms with van der Waals surface area (Å²) in [6.07, 6.45) is 0. The van der Waals surface area contributed by atoms with Crippen LogP contribution in [-0.2, 0) is 9.59 Å². The number of carbonyl (C=O) groups is 2. The fourth-order valence-corrected chi connectivity index (χ4v) is 2.16. The van der Waals surface area contributed by atoms with Gasteiger partial charge in [-0.1, -0.05) is 6.07 Å². The molecule has 0 unspecified atom stereocenters. The quantitative estimate of drug-likeness (QED) is 0.706. The van der Waals surface area contributed by atoms with Gasteiger partial charge in [-0.3, -0.25) is 9.59 Å². The van der Waals surface area contributed by atoms with E-state index in [0.29, 0.717) is 11.4 Å². The molecular formula is C18H19F2N3O3. The lowest BCUT2D eigenvalue weighted by molar-refractivity contribution is -0.122. The average Bonchev–Trinajstić information content (AvgIpc) is 2.61. The van der Waals surface area contributed by atoms with Gasteiger partial charge in [0.05, 0.1) is 31.6 Å². The van der Waals surface area contributed by atoms with Crippen LogP contribution in [0.5, 0.6) is 5.75 Å². The number of nitrogens with one attached hydrogen (secondary N) is 3. The monoisotopic (exact) mass is 363 g/mol. The number of carbonyl (C=O) groups excluding carboxylic acids is 2. The first-order chi connectivity index (χ1) is 12.4. The van der Waals surface area contributed by atoms with Gasteiger partial charge in [-0.2, -0.15) is 0 Å². The zero-order chi connectivity index (χ0) is 19.1. The molecule has 0 spiro atoms. The van der Waals surface area contributed by atoms with Crippen LogP contribution in [0.25, 0.3) is 0 Å². The van der Waals surface area contributed by atoms with E-state index in [9.17, 15) is 18.4 Å². The Labute approximate surface area is 149 Å². The number of rotatable bonds is 7. The first-order valence-corrected chi connectivity index (χ1v) is 7.79. The number of anilines is 2. The lowest BCUT2D eigenvalue weighted by Gasteiger charge is -2.12. The first-order valence-electron chi connectivity index (χ1n) is 7.79. The second-order valence-corrected chi connectivity index (χ2v) is 5.51. The number of aryl methyl sites for hydroxylation is 1. The van der Waals surface area contributed by atoms with Gasteiger partial charge in [0, 0.05) is 0 Å². The number of methoxy groups -OCH3 is 1. The van der Waals surface area contributed by atoms with Crippen LogP contribution in [0.1, 0.15) is 5.56 Å². The minimum Gasteiger partial charge on any atom is -0.495 e. The second-order valence-electron chi connectivity index (χ2n) is 5.51. The van der Waals surface area contributed by atoms with E-state index in [1.165, 1.54) is 7.11 Å². The van der Waals surface area contributed by atoms with Crippen molar-refractivity contribution in [3.05, 3.63) is 53.6 Å². The molecule has 2 rings (SSSR count). The molecule has 3 N–H and O–H groups in total. The molecule has 0 atom stereocenters. The minimum absolute atomic E-state index is 0.130. The predicted molar refractivity (Wildman–Crippen MR) is 94.2 cm³/mol. The number of hydrogen-bond acceptors (Lipinski definition) is 4. The maximum absolute atomic E-state index is 13.4. The lowest BCUT2D eigenvalue weighted by atomic mass is 10.2. The number of ether oxygens (including phenoxy) is 1. The van der Waals surface area contributed by atoms with E-state index in [4.69, 9.17) is 4.74 Å². The van der Waals surface area contributed by atoms with E-state index >= 15 is 0 Å². The highest BCUT2D eigenvalue weighted by Gasteiger charge is 2.10. The third kappa shape index (κ3) is 5.44. The molecule has 0 saturated heterocycles. The summed E-state index contributed by atoms with van der Waals surface area (Å²) in [5, 5.41) is 7.50. The Kier molecular flexibility index (Phi) is 6.48. The standard InChI is InChI=1S/C18H19F2N3O3/c1-11-3-6-16(26-2)15(7-11)23-18(25)10-22-17(24)9-21-14-8-12(19)4-5-13(14)20/h3-8,21H,9-10H2,1-2H3,(H,22,24)(H,23,25). The molecule has 0 radical (unpaired) electrons. The van der Waals surface area contributed by atoms with Gasteiger partial charge in [-0.15, -0.1) is 0 Å².